The molecule has 1 amide bonds. The Labute approximate surface area is 145 Å². The second kappa shape index (κ2) is 6.05. The summed E-state index contributed by atoms with van der Waals surface area (Å²) in [5.74, 6) is 0.678. The van der Waals surface area contributed by atoms with E-state index < -0.39 is 0 Å². The summed E-state index contributed by atoms with van der Waals surface area (Å²) in [4.78, 5) is 15.4. The number of hydrogen-bond donors (Lipinski definition) is 1. The molecule has 1 aliphatic heterocycles. The number of fused-ring (bicyclic) bond motifs is 2. The summed E-state index contributed by atoms with van der Waals surface area (Å²) in [6.07, 6.45) is 3.62. The van der Waals surface area contributed by atoms with E-state index in [0.29, 0.717) is 13.2 Å². The highest BCUT2D eigenvalue weighted by Gasteiger charge is 2.18. The van der Waals surface area contributed by atoms with E-state index in [4.69, 9.17) is 9.84 Å². The van der Waals surface area contributed by atoms with Gasteiger partial charge in [-0.25, -0.2) is 0 Å². The van der Waals surface area contributed by atoms with Crippen LogP contribution in [0.3, 0.4) is 0 Å². The number of pyridine rings is 1. The molecule has 1 N–H and O–H groups in total. The van der Waals surface area contributed by atoms with E-state index in [1.807, 2.05) is 42.1 Å². The maximum absolute atomic E-state index is 11.2. The van der Waals surface area contributed by atoms with Crippen LogP contribution >= 0.6 is 0 Å². The molecule has 1 aromatic carbocycles. The number of nitrogens with zero attached hydrogens (tertiary/aromatic N) is 3. The molecule has 1 aliphatic rings. The van der Waals surface area contributed by atoms with Gasteiger partial charge in [0.05, 0.1) is 17.9 Å². The number of benzene rings is 1. The van der Waals surface area contributed by atoms with Gasteiger partial charge in [0, 0.05) is 42.2 Å². The predicted molar refractivity (Wildman–Crippen MR) is 94.4 cm³/mol. The minimum atomic E-state index is -0.0983. The smallest absolute Gasteiger partial charge is 0.221 e. The Kier molecular flexibility index (Phi) is 3.72. The molecule has 0 fully saturated rings. The lowest BCUT2D eigenvalue weighted by Crippen LogP contribution is -2.06. The molecule has 0 unspecified atom stereocenters. The van der Waals surface area contributed by atoms with Crippen molar-refractivity contribution in [3.8, 4) is 17.0 Å². The summed E-state index contributed by atoms with van der Waals surface area (Å²) < 4.78 is 7.92. The van der Waals surface area contributed by atoms with Crippen molar-refractivity contribution >= 4 is 11.6 Å². The van der Waals surface area contributed by atoms with Crippen LogP contribution in [0.4, 0.5) is 5.69 Å². The molecule has 0 radical (unpaired) electrons. The third-order valence-corrected chi connectivity index (χ3v) is 4.24. The largest absolute Gasteiger partial charge is 0.487 e. The molecule has 0 bridgehead atoms. The van der Waals surface area contributed by atoms with Crippen molar-refractivity contribution in [2.24, 2.45) is 0 Å². The normalized spacial score (nSPS) is 12.6. The zero-order chi connectivity index (χ0) is 17.4. The van der Waals surface area contributed by atoms with Gasteiger partial charge in [0.1, 0.15) is 12.4 Å². The zero-order valence-electron chi connectivity index (χ0n) is 14.1. The Morgan fingerprint density at radius 2 is 2.16 bits per heavy atom. The third-order valence-electron chi connectivity index (χ3n) is 4.24. The van der Waals surface area contributed by atoms with Crippen LogP contribution in [-0.2, 0) is 17.9 Å². The lowest BCUT2D eigenvalue weighted by molar-refractivity contribution is -0.114. The lowest BCUT2D eigenvalue weighted by Gasteiger charge is -2.09. The van der Waals surface area contributed by atoms with Crippen molar-refractivity contribution in [3.05, 3.63) is 59.5 Å². The van der Waals surface area contributed by atoms with E-state index >= 15 is 0 Å². The fraction of sp³-hybridized carbons (Fsp3) is 0.211. The third kappa shape index (κ3) is 2.98. The van der Waals surface area contributed by atoms with E-state index in [2.05, 4.69) is 16.4 Å². The van der Waals surface area contributed by atoms with Crippen LogP contribution in [0.25, 0.3) is 11.3 Å². The van der Waals surface area contributed by atoms with E-state index in [1.165, 1.54) is 6.92 Å². The SMILES string of the molecule is CC(=O)Nc1ccc2c(c1)OCc1cc(-c3ccncc3C)nn1C2. The molecule has 0 saturated heterocycles. The molecule has 0 spiro atoms. The van der Waals surface area contributed by atoms with Crippen LogP contribution in [0.15, 0.2) is 42.7 Å². The predicted octanol–water partition coefficient (Wildman–Crippen LogP) is 3.15. The van der Waals surface area contributed by atoms with Gasteiger partial charge in [-0.15, -0.1) is 0 Å². The Bertz CT molecular complexity index is 962. The Morgan fingerprint density at radius 3 is 2.96 bits per heavy atom. The molecule has 4 rings (SSSR count). The number of aromatic nitrogens is 3. The number of carbonyl (C=O) groups excluding carboxylic acids is 1. The number of aryl methyl sites for hydroxylation is 1. The summed E-state index contributed by atoms with van der Waals surface area (Å²) in [5.41, 5.74) is 5.89. The average Bonchev–Trinajstić information content (AvgIpc) is 2.89. The number of amides is 1. The molecule has 0 saturated carbocycles. The highest BCUT2D eigenvalue weighted by Crippen LogP contribution is 2.30. The standard InChI is InChI=1S/C19H18N4O2/c1-12-9-20-6-5-17(12)18-8-16-11-25-19-7-15(21-13(2)24)4-3-14(19)10-23(16)22-18/h3-9H,10-11H2,1-2H3,(H,21,24). The summed E-state index contributed by atoms with van der Waals surface area (Å²) in [6, 6.07) is 9.74. The van der Waals surface area contributed by atoms with Gasteiger partial charge in [-0.1, -0.05) is 6.07 Å². The molecular formula is C19H18N4O2. The number of anilines is 1. The molecule has 126 valence electrons. The van der Waals surface area contributed by atoms with E-state index in [9.17, 15) is 4.79 Å². The Hall–Kier alpha value is -3.15. The quantitative estimate of drug-likeness (QED) is 0.781. The monoisotopic (exact) mass is 334 g/mol. The van der Waals surface area contributed by atoms with Crippen molar-refractivity contribution in [2.75, 3.05) is 5.32 Å². The molecule has 3 aromatic rings. The van der Waals surface area contributed by atoms with E-state index in [-0.39, 0.29) is 5.91 Å². The highest BCUT2D eigenvalue weighted by atomic mass is 16.5. The second-order valence-electron chi connectivity index (χ2n) is 6.16. The minimum Gasteiger partial charge on any atom is -0.487 e. The maximum Gasteiger partial charge on any atom is 0.221 e. The Morgan fingerprint density at radius 1 is 1.28 bits per heavy atom. The van der Waals surface area contributed by atoms with Crippen molar-refractivity contribution in [3.63, 3.8) is 0 Å². The molecule has 0 atom stereocenters. The van der Waals surface area contributed by atoms with E-state index in [1.54, 1.807) is 6.20 Å². The fourth-order valence-electron chi connectivity index (χ4n) is 3.01. The number of nitrogens with one attached hydrogen (secondary N) is 1. The maximum atomic E-state index is 11.2. The highest BCUT2D eigenvalue weighted by molar-refractivity contribution is 5.88. The summed E-state index contributed by atoms with van der Waals surface area (Å²) in [6.45, 7) is 4.59. The molecule has 2 aromatic heterocycles. The van der Waals surface area contributed by atoms with Gasteiger partial charge in [-0.2, -0.15) is 5.10 Å². The van der Waals surface area contributed by atoms with Crippen LogP contribution in [-0.4, -0.2) is 20.7 Å². The minimum absolute atomic E-state index is 0.0983. The van der Waals surface area contributed by atoms with Crippen LogP contribution < -0.4 is 10.1 Å². The first-order valence-electron chi connectivity index (χ1n) is 8.11. The van der Waals surface area contributed by atoms with Gasteiger partial charge < -0.3 is 10.1 Å². The van der Waals surface area contributed by atoms with Crippen LogP contribution in [0, 0.1) is 6.92 Å². The number of ether oxygens (including phenoxy) is 1. The van der Waals surface area contributed by atoms with Crippen molar-refractivity contribution in [2.45, 2.75) is 27.0 Å². The van der Waals surface area contributed by atoms with Gasteiger partial charge in [-0.05, 0) is 30.7 Å². The summed E-state index contributed by atoms with van der Waals surface area (Å²) >= 11 is 0. The number of rotatable bonds is 2. The van der Waals surface area contributed by atoms with Crippen LogP contribution in [0.2, 0.25) is 0 Å². The molecule has 6 nitrogen and oxygen atoms in total. The van der Waals surface area contributed by atoms with Crippen LogP contribution in [0.5, 0.6) is 5.75 Å². The van der Waals surface area contributed by atoms with Crippen molar-refractivity contribution < 1.29 is 9.53 Å². The van der Waals surface area contributed by atoms with Gasteiger partial charge in [0.15, 0.2) is 0 Å². The Balaban J connectivity index is 1.66. The van der Waals surface area contributed by atoms with Gasteiger partial charge in [0.2, 0.25) is 5.91 Å². The topological polar surface area (TPSA) is 69.0 Å². The van der Waals surface area contributed by atoms with Crippen molar-refractivity contribution in [1.29, 1.82) is 0 Å². The zero-order valence-corrected chi connectivity index (χ0v) is 14.1. The molecule has 25 heavy (non-hydrogen) atoms. The van der Waals surface area contributed by atoms with Crippen LogP contribution in [0.1, 0.15) is 23.7 Å². The summed E-state index contributed by atoms with van der Waals surface area (Å²) in [5, 5.41) is 7.53. The van der Waals surface area contributed by atoms with Gasteiger partial charge in [-0.3, -0.25) is 14.5 Å². The molecule has 6 heteroatoms. The van der Waals surface area contributed by atoms with E-state index in [0.717, 1.165) is 39.5 Å². The van der Waals surface area contributed by atoms with Crippen molar-refractivity contribution in [1.82, 2.24) is 14.8 Å². The summed E-state index contributed by atoms with van der Waals surface area (Å²) in [7, 11) is 0. The average molecular weight is 334 g/mol. The lowest BCUT2D eigenvalue weighted by atomic mass is 10.1. The first-order chi connectivity index (χ1) is 12.1. The number of hydrogen-bond acceptors (Lipinski definition) is 4. The second-order valence-corrected chi connectivity index (χ2v) is 6.16. The molecule has 3 heterocycles. The first-order valence-corrected chi connectivity index (χ1v) is 8.11. The number of carbonyl (C=O) groups is 1. The molecule has 0 aliphatic carbocycles. The molecular weight excluding hydrogens is 316 g/mol. The van der Waals surface area contributed by atoms with Gasteiger partial charge in [0.25, 0.3) is 0 Å². The first kappa shape index (κ1) is 15.4. The van der Waals surface area contributed by atoms with Gasteiger partial charge >= 0.3 is 0 Å². The fourth-order valence-corrected chi connectivity index (χ4v) is 3.01.